The third-order valence-electron chi connectivity index (χ3n) is 3.14. The zero-order chi connectivity index (χ0) is 15.3. The van der Waals surface area contributed by atoms with Gasteiger partial charge in [-0.2, -0.15) is 11.3 Å². The van der Waals surface area contributed by atoms with E-state index >= 15 is 0 Å². The summed E-state index contributed by atoms with van der Waals surface area (Å²) in [6, 6.07) is 5.14. The number of hydrogen-bond acceptors (Lipinski definition) is 4. The maximum absolute atomic E-state index is 11.8. The number of amides is 2. The molecule has 0 saturated carbocycles. The van der Waals surface area contributed by atoms with Gasteiger partial charge in [-0.15, -0.1) is 0 Å². The number of furan rings is 1. The third kappa shape index (κ3) is 4.61. The summed E-state index contributed by atoms with van der Waals surface area (Å²) < 4.78 is 5.16. The molecule has 2 aromatic heterocycles. The molecule has 0 spiro atoms. The molecule has 0 aliphatic carbocycles. The molecule has 21 heavy (non-hydrogen) atoms. The van der Waals surface area contributed by atoms with Gasteiger partial charge in [-0.3, -0.25) is 0 Å². The Bertz CT molecular complexity index is 550. The van der Waals surface area contributed by atoms with Crippen molar-refractivity contribution in [2.75, 3.05) is 6.54 Å². The average molecular weight is 308 g/mol. The number of carbonyl (C=O) groups is 1. The van der Waals surface area contributed by atoms with Crippen molar-refractivity contribution >= 4 is 17.4 Å². The van der Waals surface area contributed by atoms with Crippen molar-refractivity contribution < 1.29 is 14.3 Å². The molecular weight excluding hydrogens is 288 g/mol. The SMILES string of the molecule is C[C@H](Cc1ccsc1)NC(=O)NC[C@@](C)(O)c1ccco1. The Hall–Kier alpha value is -1.79. The van der Waals surface area contributed by atoms with Crippen molar-refractivity contribution in [3.8, 4) is 0 Å². The standard InChI is InChI=1S/C15H20N2O3S/c1-11(8-12-5-7-21-9-12)17-14(18)16-10-15(2,19)13-4-3-6-20-13/h3-7,9,11,19H,8,10H2,1-2H3,(H2,16,17,18)/t11-,15-/m1/s1. The minimum atomic E-state index is -1.22. The molecule has 114 valence electrons. The van der Waals surface area contributed by atoms with E-state index in [4.69, 9.17) is 4.42 Å². The Morgan fingerprint density at radius 1 is 1.52 bits per heavy atom. The van der Waals surface area contributed by atoms with Crippen LogP contribution in [0.3, 0.4) is 0 Å². The zero-order valence-corrected chi connectivity index (χ0v) is 12.9. The highest BCUT2D eigenvalue weighted by atomic mass is 32.1. The molecule has 0 bridgehead atoms. The van der Waals surface area contributed by atoms with Crippen LogP contribution in [0.25, 0.3) is 0 Å². The van der Waals surface area contributed by atoms with E-state index in [1.165, 1.54) is 11.8 Å². The van der Waals surface area contributed by atoms with Crippen LogP contribution in [0.4, 0.5) is 4.79 Å². The predicted octanol–water partition coefficient (Wildman–Crippen LogP) is 2.48. The number of thiophene rings is 1. The quantitative estimate of drug-likeness (QED) is 0.767. The summed E-state index contributed by atoms with van der Waals surface area (Å²) in [7, 11) is 0. The number of urea groups is 1. The molecule has 2 heterocycles. The number of hydrogen-bond donors (Lipinski definition) is 3. The fourth-order valence-corrected chi connectivity index (χ4v) is 2.69. The molecule has 0 fully saturated rings. The topological polar surface area (TPSA) is 74.5 Å². The average Bonchev–Trinajstić information content (AvgIpc) is 3.09. The smallest absolute Gasteiger partial charge is 0.315 e. The molecule has 0 saturated heterocycles. The van der Waals surface area contributed by atoms with E-state index < -0.39 is 5.60 Å². The van der Waals surface area contributed by atoms with Crippen LogP contribution in [0, 0.1) is 0 Å². The Kier molecular flexibility index (Phi) is 5.03. The lowest BCUT2D eigenvalue weighted by atomic mass is 10.0. The molecule has 0 aliphatic rings. The van der Waals surface area contributed by atoms with E-state index in [1.807, 2.05) is 18.4 Å². The summed E-state index contributed by atoms with van der Waals surface area (Å²) in [4.78, 5) is 11.8. The maximum Gasteiger partial charge on any atom is 0.315 e. The molecular formula is C15H20N2O3S. The van der Waals surface area contributed by atoms with Crippen LogP contribution in [0.2, 0.25) is 0 Å². The Labute approximate surface area is 128 Å². The van der Waals surface area contributed by atoms with Gasteiger partial charge >= 0.3 is 6.03 Å². The fraction of sp³-hybridized carbons (Fsp3) is 0.400. The Morgan fingerprint density at radius 3 is 2.95 bits per heavy atom. The van der Waals surface area contributed by atoms with Crippen LogP contribution in [-0.2, 0) is 12.0 Å². The highest BCUT2D eigenvalue weighted by Gasteiger charge is 2.26. The van der Waals surface area contributed by atoms with Crippen LogP contribution in [0.15, 0.2) is 39.6 Å². The van der Waals surface area contributed by atoms with Gasteiger partial charge in [0, 0.05) is 6.04 Å². The molecule has 2 amide bonds. The minimum absolute atomic E-state index is 0.0214. The number of aliphatic hydroxyl groups is 1. The number of rotatable bonds is 6. The van der Waals surface area contributed by atoms with Gasteiger partial charge in [-0.1, -0.05) is 0 Å². The highest BCUT2D eigenvalue weighted by Crippen LogP contribution is 2.19. The van der Waals surface area contributed by atoms with E-state index in [0.29, 0.717) is 5.76 Å². The normalized spacial score (nSPS) is 15.2. The molecule has 6 heteroatoms. The van der Waals surface area contributed by atoms with E-state index in [0.717, 1.165) is 6.42 Å². The Morgan fingerprint density at radius 2 is 2.33 bits per heavy atom. The summed E-state index contributed by atoms with van der Waals surface area (Å²) in [6.45, 7) is 3.63. The minimum Gasteiger partial charge on any atom is -0.466 e. The second-order valence-corrected chi connectivity index (χ2v) is 6.09. The van der Waals surface area contributed by atoms with Crippen LogP contribution in [0.1, 0.15) is 25.2 Å². The van der Waals surface area contributed by atoms with Crippen molar-refractivity contribution in [2.24, 2.45) is 0 Å². The second-order valence-electron chi connectivity index (χ2n) is 5.31. The van der Waals surface area contributed by atoms with Crippen LogP contribution in [0.5, 0.6) is 0 Å². The van der Waals surface area contributed by atoms with Crippen LogP contribution >= 0.6 is 11.3 Å². The van der Waals surface area contributed by atoms with Gasteiger partial charge in [0.1, 0.15) is 11.4 Å². The van der Waals surface area contributed by atoms with Gasteiger partial charge in [0.15, 0.2) is 0 Å². The van der Waals surface area contributed by atoms with Crippen molar-refractivity contribution in [1.82, 2.24) is 10.6 Å². The fourth-order valence-electron chi connectivity index (χ4n) is 2.01. The number of nitrogens with one attached hydrogen (secondary N) is 2. The lowest BCUT2D eigenvalue weighted by Crippen LogP contribution is -2.46. The molecule has 0 radical (unpaired) electrons. The first-order valence-electron chi connectivity index (χ1n) is 6.79. The van der Waals surface area contributed by atoms with Crippen LogP contribution in [-0.4, -0.2) is 23.7 Å². The Balaban J connectivity index is 1.77. The first kappa shape index (κ1) is 15.6. The van der Waals surface area contributed by atoms with E-state index in [2.05, 4.69) is 16.0 Å². The van der Waals surface area contributed by atoms with Gasteiger partial charge in [0.05, 0.1) is 12.8 Å². The van der Waals surface area contributed by atoms with E-state index in [1.54, 1.807) is 30.4 Å². The monoisotopic (exact) mass is 308 g/mol. The summed E-state index contributed by atoms with van der Waals surface area (Å²) in [5, 5.41) is 19.8. The van der Waals surface area contributed by atoms with Gasteiger partial charge in [-0.25, -0.2) is 4.79 Å². The first-order chi connectivity index (χ1) is 9.97. The predicted molar refractivity (Wildman–Crippen MR) is 82.3 cm³/mol. The van der Waals surface area contributed by atoms with Crippen molar-refractivity contribution in [1.29, 1.82) is 0 Å². The molecule has 3 N–H and O–H groups in total. The van der Waals surface area contributed by atoms with Crippen molar-refractivity contribution in [2.45, 2.75) is 31.9 Å². The molecule has 0 unspecified atom stereocenters. The third-order valence-corrected chi connectivity index (χ3v) is 3.88. The lowest BCUT2D eigenvalue weighted by molar-refractivity contribution is 0.0366. The largest absolute Gasteiger partial charge is 0.466 e. The molecule has 2 rings (SSSR count). The van der Waals surface area contributed by atoms with Crippen molar-refractivity contribution in [3.63, 3.8) is 0 Å². The molecule has 0 aliphatic heterocycles. The van der Waals surface area contributed by atoms with Gasteiger partial charge < -0.3 is 20.2 Å². The van der Waals surface area contributed by atoms with Crippen LogP contribution < -0.4 is 10.6 Å². The zero-order valence-electron chi connectivity index (χ0n) is 12.1. The molecule has 2 atom stereocenters. The van der Waals surface area contributed by atoms with E-state index in [-0.39, 0.29) is 18.6 Å². The summed E-state index contributed by atoms with van der Waals surface area (Å²) in [6.07, 6.45) is 2.28. The summed E-state index contributed by atoms with van der Waals surface area (Å²) >= 11 is 1.64. The summed E-state index contributed by atoms with van der Waals surface area (Å²) in [5.41, 5.74) is -0.0207. The first-order valence-corrected chi connectivity index (χ1v) is 7.73. The molecule has 2 aromatic rings. The number of carbonyl (C=O) groups excluding carboxylic acids is 1. The van der Waals surface area contributed by atoms with E-state index in [9.17, 15) is 9.90 Å². The highest BCUT2D eigenvalue weighted by molar-refractivity contribution is 7.07. The van der Waals surface area contributed by atoms with Gasteiger partial charge in [0.25, 0.3) is 0 Å². The lowest BCUT2D eigenvalue weighted by Gasteiger charge is -2.22. The second kappa shape index (κ2) is 6.78. The molecule has 0 aromatic carbocycles. The molecule has 5 nitrogen and oxygen atoms in total. The van der Waals surface area contributed by atoms with Crippen molar-refractivity contribution in [3.05, 3.63) is 46.5 Å². The van der Waals surface area contributed by atoms with Gasteiger partial charge in [-0.05, 0) is 54.8 Å². The maximum atomic E-state index is 11.8. The van der Waals surface area contributed by atoms with Gasteiger partial charge in [0.2, 0.25) is 0 Å². The summed E-state index contributed by atoms with van der Waals surface area (Å²) in [5.74, 6) is 0.425.